The summed E-state index contributed by atoms with van der Waals surface area (Å²) in [7, 11) is 0. The molecule has 0 atom stereocenters. The average molecular weight is 1220 g/mol. The van der Waals surface area contributed by atoms with Crippen LogP contribution in [0.15, 0.2) is 334 Å². The lowest BCUT2D eigenvalue weighted by molar-refractivity contribution is 0.436. The highest BCUT2D eigenvalue weighted by Crippen LogP contribution is 2.65. The molecule has 2 aliphatic heterocycles. The molecule has 2 spiro atoms. The van der Waals surface area contributed by atoms with Crippen molar-refractivity contribution in [2.45, 2.75) is 10.8 Å². The van der Waals surface area contributed by atoms with E-state index in [0.717, 1.165) is 135 Å². The molecule has 96 heavy (non-hydrogen) atoms. The number of benzene rings is 14. The first-order chi connectivity index (χ1) is 47.5. The van der Waals surface area contributed by atoms with Crippen LogP contribution < -0.4 is 9.47 Å². The summed E-state index contributed by atoms with van der Waals surface area (Å²) in [5.41, 5.74) is 30.4. The molecule has 0 bridgehead atoms. The van der Waals surface area contributed by atoms with Crippen LogP contribution in [0.1, 0.15) is 50.1 Å². The van der Waals surface area contributed by atoms with E-state index in [0.29, 0.717) is 5.56 Å². The molecule has 0 N–H and O–H groups in total. The first-order valence-electron chi connectivity index (χ1n) is 32.6. The molecular formula is C91H55N3O2. The van der Waals surface area contributed by atoms with E-state index in [4.69, 9.17) is 19.7 Å². The Morgan fingerprint density at radius 2 is 0.552 bits per heavy atom. The van der Waals surface area contributed by atoms with Crippen LogP contribution in [-0.4, -0.2) is 10.2 Å². The van der Waals surface area contributed by atoms with E-state index in [1.807, 2.05) is 24.3 Å². The summed E-state index contributed by atoms with van der Waals surface area (Å²) in [6, 6.07) is 122. The van der Waals surface area contributed by atoms with E-state index in [-0.39, 0.29) is 0 Å². The highest BCUT2D eigenvalue weighted by atomic mass is 16.5. The van der Waals surface area contributed by atoms with Crippen molar-refractivity contribution < 1.29 is 9.47 Å². The molecule has 19 rings (SSSR count). The monoisotopic (exact) mass is 1220 g/mol. The van der Waals surface area contributed by atoms with Gasteiger partial charge in [0.2, 0.25) is 0 Å². The van der Waals surface area contributed by atoms with Gasteiger partial charge < -0.3 is 9.47 Å². The number of rotatable bonds is 8. The molecule has 0 amide bonds. The Hall–Kier alpha value is -12.8. The van der Waals surface area contributed by atoms with Gasteiger partial charge in [0.1, 0.15) is 23.0 Å². The Morgan fingerprint density at radius 1 is 0.219 bits per heavy atom. The summed E-state index contributed by atoms with van der Waals surface area (Å²) in [6.45, 7) is 0. The summed E-state index contributed by atoms with van der Waals surface area (Å²) in [6.07, 6.45) is 0. The van der Waals surface area contributed by atoms with Crippen molar-refractivity contribution in [1.29, 1.82) is 5.26 Å². The van der Waals surface area contributed by atoms with Gasteiger partial charge in [0.25, 0.3) is 0 Å². The van der Waals surface area contributed by atoms with Crippen molar-refractivity contribution in [1.82, 2.24) is 10.2 Å². The minimum atomic E-state index is -0.686. The first-order valence-corrected chi connectivity index (χ1v) is 32.6. The topological polar surface area (TPSA) is 68.0 Å². The van der Waals surface area contributed by atoms with Crippen molar-refractivity contribution in [2.24, 2.45) is 0 Å². The predicted octanol–water partition coefficient (Wildman–Crippen LogP) is 22.6. The third-order valence-electron chi connectivity index (χ3n) is 20.4. The van der Waals surface area contributed by atoms with Gasteiger partial charge in [-0.05, 0) is 178 Å². The fourth-order valence-corrected chi connectivity index (χ4v) is 16.3. The number of para-hydroxylation sites is 1. The molecule has 2 aliphatic carbocycles. The highest BCUT2D eigenvalue weighted by Gasteiger charge is 2.53. The number of hydrogen-bond acceptors (Lipinski definition) is 5. The number of ether oxygens (including phenoxy) is 2. The van der Waals surface area contributed by atoms with Crippen LogP contribution in [-0.2, 0) is 10.8 Å². The lowest BCUT2D eigenvalue weighted by Gasteiger charge is -2.40. The fraction of sp³-hybridized carbons (Fsp3) is 0.0220. The minimum Gasteiger partial charge on any atom is -0.457 e. The van der Waals surface area contributed by atoms with Crippen LogP contribution in [0, 0.1) is 11.3 Å². The van der Waals surface area contributed by atoms with Crippen molar-refractivity contribution >= 4 is 0 Å². The molecule has 1 aromatic heterocycles. The summed E-state index contributed by atoms with van der Waals surface area (Å²) in [5.74, 6) is 3.36. The van der Waals surface area contributed by atoms with Crippen molar-refractivity contribution in [3.8, 4) is 141 Å². The van der Waals surface area contributed by atoms with Gasteiger partial charge in [-0.15, -0.1) is 10.2 Å². The Bertz CT molecular complexity index is 5670. The SMILES string of the molecule is N#Cc1ccc(-c2ccccc2-c2ccccc2-c2ccc3c(c2)Oc2ccc(-c4cccc(-c5ccc(-c6cccc(-c7ccccc7-c7ccc8c(c7)Oc7ccccc7C87c8ccccc8-c8ccccc87)c6)nn5)c4)cc2C32c3ccccc3-c3ccccc32)cc1. The van der Waals surface area contributed by atoms with E-state index < -0.39 is 10.8 Å². The zero-order chi connectivity index (χ0) is 63.5. The van der Waals surface area contributed by atoms with Gasteiger partial charge in [-0.25, -0.2) is 0 Å². The van der Waals surface area contributed by atoms with Gasteiger partial charge in [0, 0.05) is 33.4 Å². The molecule has 0 saturated carbocycles. The highest BCUT2D eigenvalue weighted by molar-refractivity contribution is 5.95. The molecule has 0 saturated heterocycles. The fourth-order valence-electron chi connectivity index (χ4n) is 16.3. The maximum Gasteiger partial charge on any atom is 0.132 e. The second kappa shape index (κ2) is 21.7. The molecule has 0 fully saturated rings. The lowest BCUT2D eigenvalue weighted by atomic mass is 9.65. The summed E-state index contributed by atoms with van der Waals surface area (Å²) in [4.78, 5) is 0. The Balaban J connectivity index is 0.646. The van der Waals surface area contributed by atoms with Gasteiger partial charge in [-0.3, -0.25) is 0 Å². The quantitative estimate of drug-likeness (QED) is 0.152. The Kier molecular flexibility index (Phi) is 12.4. The maximum atomic E-state index is 9.58. The molecule has 0 unspecified atom stereocenters. The number of aromatic nitrogens is 2. The summed E-state index contributed by atoms with van der Waals surface area (Å²) in [5, 5.41) is 19.4. The smallest absolute Gasteiger partial charge is 0.132 e. The van der Waals surface area contributed by atoms with Gasteiger partial charge >= 0.3 is 0 Å². The van der Waals surface area contributed by atoms with Crippen LogP contribution in [0.5, 0.6) is 23.0 Å². The molecule has 0 radical (unpaired) electrons. The lowest BCUT2D eigenvalue weighted by Crippen LogP contribution is -2.32. The second-order valence-electron chi connectivity index (χ2n) is 25.3. The van der Waals surface area contributed by atoms with Crippen LogP contribution in [0.3, 0.4) is 0 Å². The predicted molar refractivity (Wildman–Crippen MR) is 385 cm³/mol. The van der Waals surface area contributed by atoms with Crippen molar-refractivity contribution in [3.05, 3.63) is 384 Å². The maximum absolute atomic E-state index is 9.58. The Labute approximate surface area is 556 Å². The zero-order valence-corrected chi connectivity index (χ0v) is 51.9. The number of fused-ring (bicyclic) bond motifs is 18. The molecule has 4 aliphatic rings. The molecular weight excluding hydrogens is 1170 g/mol. The van der Waals surface area contributed by atoms with Gasteiger partial charge in [-0.1, -0.05) is 267 Å². The normalized spacial score (nSPS) is 13.3. The standard InChI is InChI=1S/C91H55N3O2/c92-56-57-39-41-58(42-40-57)66-23-3-5-27-70(66)71-28-6-4-26-69(71)63-44-47-82-89(55-63)96-87-50-45-60(53-83(87)91(82)78-35-13-9-31-74(78)75-32-10-14-36-79(75)91)59-19-17-21-64(51-59)84-48-49-85(94-93-84)65-22-18-20-61(52-65)67-24-1-2-25-68(67)62-43-46-81-88(54-62)95-86-38-16-15-37-80(86)90(81)76-33-11-7-29-72(76)73-30-8-12-34-77(73)90/h1-55H. The van der Waals surface area contributed by atoms with Crippen LogP contribution in [0.4, 0.5) is 0 Å². The zero-order valence-electron chi connectivity index (χ0n) is 51.9. The third kappa shape index (κ3) is 8.22. The van der Waals surface area contributed by atoms with Crippen molar-refractivity contribution in [3.63, 3.8) is 0 Å². The molecule has 446 valence electrons. The number of nitriles is 1. The first kappa shape index (κ1) is 54.9. The van der Waals surface area contributed by atoms with E-state index in [1.165, 1.54) is 44.5 Å². The van der Waals surface area contributed by atoms with Gasteiger partial charge in [0.05, 0.1) is 33.9 Å². The van der Waals surface area contributed by atoms with Gasteiger partial charge in [0.15, 0.2) is 0 Å². The summed E-state index contributed by atoms with van der Waals surface area (Å²) < 4.78 is 14.2. The number of hydrogen-bond donors (Lipinski definition) is 0. The van der Waals surface area contributed by atoms with Crippen LogP contribution in [0.25, 0.3) is 112 Å². The molecule has 5 heteroatoms. The van der Waals surface area contributed by atoms with E-state index in [1.54, 1.807) is 0 Å². The van der Waals surface area contributed by atoms with Crippen LogP contribution >= 0.6 is 0 Å². The minimum absolute atomic E-state index is 0.522. The second-order valence-corrected chi connectivity index (χ2v) is 25.3. The number of nitrogens with zero attached hydrogens (tertiary/aromatic N) is 3. The van der Waals surface area contributed by atoms with E-state index >= 15 is 0 Å². The van der Waals surface area contributed by atoms with Crippen molar-refractivity contribution in [2.75, 3.05) is 0 Å². The molecule has 3 heterocycles. The van der Waals surface area contributed by atoms with E-state index in [9.17, 15) is 5.26 Å². The largest absolute Gasteiger partial charge is 0.457 e. The third-order valence-corrected chi connectivity index (χ3v) is 20.4. The van der Waals surface area contributed by atoms with Crippen LogP contribution in [0.2, 0.25) is 0 Å². The Morgan fingerprint density at radius 3 is 1.04 bits per heavy atom. The summed E-state index contributed by atoms with van der Waals surface area (Å²) >= 11 is 0. The van der Waals surface area contributed by atoms with E-state index in [2.05, 4.69) is 315 Å². The molecule has 15 aromatic rings. The molecule has 5 nitrogen and oxygen atoms in total. The average Bonchev–Trinajstić information content (AvgIpc) is 1.48. The molecule has 14 aromatic carbocycles. The van der Waals surface area contributed by atoms with Gasteiger partial charge in [-0.2, -0.15) is 5.26 Å².